The highest BCUT2D eigenvalue weighted by Crippen LogP contribution is 2.24. The number of nitrogens with zero attached hydrogens (tertiary/aromatic N) is 3. The Balaban J connectivity index is 1.73. The molecule has 22 heavy (non-hydrogen) atoms. The maximum absolute atomic E-state index is 5.94. The number of ether oxygens (including phenoxy) is 1. The molecule has 2 aromatic rings. The highest BCUT2D eigenvalue weighted by Gasteiger charge is 2.24. The molecule has 1 aliphatic heterocycles. The van der Waals surface area contributed by atoms with Gasteiger partial charge in [0.2, 0.25) is 0 Å². The summed E-state index contributed by atoms with van der Waals surface area (Å²) in [6.45, 7) is 7.40. The molecule has 6 nitrogen and oxygen atoms in total. The van der Waals surface area contributed by atoms with Crippen LogP contribution in [0.15, 0.2) is 18.5 Å². The Morgan fingerprint density at radius 3 is 3.00 bits per heavy atom. The number of aromatic amines is 1. The van der Waals surface area contributed by atoms with E-state index in [0.29, 0.717) is 0 Å². The number of anilines is 1. The lowest BCUT2D eigenvalue weighted by Crippen LogP contribution is -2.38. The summed E-state index contributed by atoms with van der Waals surface area (Å²) < 4.78 is 5.94. The second kappa shape index (κ2) is 6.46. The van der Waals surface area contributed by atoms with Crippen molar-refractivity contribution in [1.82, 2.24) is 19.9 Å². The van der Waals surface area contributed by atoms with Crippen molar-refractivity contribution in [2.24, 2.45) is 0 Å². The predicted octanol–water partition coefficient (Wildman–Crippen LogP) is 2.04. The lowest BCUT2D eigenvalue weighted by Gasteiger charge is -2.32. The van der Waals surface area contributed by atoms with Gasteiger partial charge in [0.05, 0.1) is 24.3 Å². The zero-order valence-electron chi connectivity index (χ0n) is 13.4. The fourth-order valence-corrected chi connectivity index (χ4v) is 2.79. The molecule has 6 heteroatoms. The summed E-state index contributed by atoms with van der Waals surface area (Å²) in [4.78, 5) is 14.5. The normalized spacial score (nSPS) is 19.3. The van der Waals surface area contributed by atoms with Crippen LogP contribution in [0.2, 0.25) is 0 Å². The van der Waals surface area contributed by atoms with Crippen LogP contribution in [0.4, 0.5) is 5.69 Å². The maximum atomic E-state index is 5.94. The van der Waals surface area contributed by atoms with Crippen molar-refractivity contribution in [2.75, 3.05) is 32.1 Å². The largest absolute Gasteiger partial charge is 0.388 e. The maximum Gasteiger partial charge on any atom is 0.112 e. The SMILES string of the molecule is CNc1cc(C)nc([C@H]2CN(Cc3nc[nH]c3C)CCO2)c1. The van der Waals surface area contributed by atoms with E-state index in [4.69, 9.17) is 4.74 Å². The zero-order valence-corrected chi connectivity index (χ0v) is 13.4. The van der Waals surface area contributed by atoms with Crippen LogP contribution in [-0.4, -0.2) is 46.6 Å². The van der Waals surface area contributed by atoms with E-state index in [1.807, 2.05) is 20.0 Å². The number of nitrogens with one attached hydrogen (secondary N) is 2. The van der Waals surface area contributed by atoms with Gasteiger partial charge in [-0.1, -0.05) is 0 Å². The molecule has 0 radical (unpaired) electrons. The topological polar surface area (TPSA) is 66.1 Å². The van der Waals surface area contributed by atoms with Gasteiger partial charge in [0.1, 0.15) is 6.10 Å². The molecule has 0 aromatic carbocycles. The molecule has 3 heterocycles. The number of aryl methyl sites for hydroxylation is 2. The summed E-state index contributed by atoms with van der Waals surface area (Å²) in [6.07, 6.45) is 1.77. The molecule has 2 aromatic heterocycles. The third kappa shape index (κ3) is 3.28. The molecule has 0 bridgehead atoms. The quantitative estimate of drug-likeness (QED) is 0.904. The molecule has 1 aliphatic rings. The minimum absolute atomic E-state index is 0.0139. The summed E-state index contributed by atoms with van der Waals surface area (Å²) >= 11 is 0. The molecule has 3 rings (SSSR count). The first-order valence-electron chi connectivity index (χ1n) is 7.65. The van der Waals surface area contributed by atoms with E-state index in [0.717, 1.165) is 54.7 Å². The molecule has 0 amide bonds. The fraction of sp³-hybridized carbons (Fsp3) is 0.500. The number of aromatic nitrogens is 3. The van der Waals surface area contributed by atoms with Crippen LogP contribution in [-0.2, 0) is 11.3 Å². The molecular weight excluding hydrogens is 278 g/mol. The van der Waals surface area contributed by atoms with Gasteiger partial charge in [0.25, 0.3) is 0 Å². The summed E-state index contributed by atoms with van der Waals surface area (Å²) in [5.41, 5.74) is 5.31. The molecule has 0 saturated carbocycles. The van der Waals surface area contributed by atoms with Crippen molar-refractivity contribution in [3.05, 3.63) is 41.2 Å². The summed E-state index contributed by atoms with van der Waals surface area (Å²) in [5.74, 6) is 0. The van der Waals surface area contributed by atoms with Crippen LogP contribution >= 0.6 is 0 Å². The monoisotopic (exact) mass is 301 g/mol. The third-order valence-electron chi connectivity index (χ3n) is 4.05. The van der Waals surface area contributed by atoms with Crippen LogP contribution < -0.4 is 5.32 Å². The molecule has 118 valence electrons. The lowest BCUT2D eigenvalue weighted by molar-refractivity contribution is -0.0353. The highest BCUT2D eigenvalue weighted by atomic mass is 16.5. The average Bonchev–Trinajstić information content (AvgIpc) is 2.92. The first-order chi connectivity index (χ1) is 10.7. The van der Waals surface area contributed by atoms with Gasteiger partial charge in [0, 0.05) is 43.8 Å². The van der Waals surface area contributed by atoms with Crippen LogP contribution in [0.1, 0.15) is 28.9 Å². The Kier molecular flexibility index (Phi) is 4.40. The van der Waals surface area contributed by atoms with E-state index >= 15 is 0 Å². The number of H-pyrrole nitrogens is 1. The van der Waals surface area contributed by atoms with Gasteiger partial charge in [-0.25, -0.2) is 4.98 Å². The standard InChI is InChI=1S/C16H23N5O/c1-11-6-13(17-3)7-14(20-11)16-9-21(4-5-22-16)8-15-12(2)18-10-19-15/h6-7,10,16H,4-5,8-9H2,1-3H3,(H,17,20)(H,18,19)/t16-/m1/s1. The van der Waals surface area contributed by atoms with E-state index in [1.165, 1.54) is 0 Å². The second-order valence-electron chi connectivity index (χ2n) is 5.74. The van der Waals surface area contributed by atoms with Crippen LogP contribution in [0.5, 0.6) is 0 Å². The molecule has 0 spiro atoms. The van der Waals surface area contributed by atoms with Gasteiger partial charge < -0.3 is 15.0 Å². The predicted molar refractivity (Wildman–Crippen MR) is 85.8 cm³/mol. The van der Waals surface area contributed by atoms with Crippen LogP contribution in [0.25, 0.3) is 0 Å². The van der Waals surface area contributed by atoms with E-state index < -0.39 is 0 Å². The van der Waals surface area contributed by atoms with E-state index in [-0.39, 0.29) is 6.10 Å². The van der Waals surface area contributed by atoms with Crippen molar-refractivity contribution in [1.29, 1.82) is 0 Å². The van der Waals surface area contributed by atoms with Gasteiger partial charge in [-0.15, -0.1) is 0 Å². The first kappa shape index (κ1) is 15.0. The van der Waals surface area contributed by atoms with Crippen molar-refractivity contribution in [3.8, 4) is 0 Å². The van der Waals surface area contributed by atoms with Crippen molar-refractivity contribution in [3.63, 3.8) is 0 Å². The number of imidazole rings is 1. The Bertz CT molecular complexity index is 639. The van der Waals surface area contributed by atoms with Crippen molar-refractivity contribution in [2.45, 2.75) is 26.5 Å². The third-order valence-corrected chi connectivity index (χ3v) is 4.05. The van der Waals surface area contributed by atoms with Crippen LogP contribution in [0.3, 0.4) is 0 Å². The number of hydrogen-bond donors (Lipinski definition) is 2. The van der Waals surface area contributed by atoms with Gasteiger partial charge in [0.15, 0.2) is 0 Å². The molecule has 1 saturated heterocycles. The van der Waals surface area contributed by atoms with Gasteiger partial charge in [-0.05, 0) is 26.0 Å². The number of pyridine rings is 1. The molecule has 0 unspecified atom stereocenters. The Morgan fingerprint density at radius 2 is 2.27 bits per heavy atom. The summed E-state index contributed by atoms with van der Waals surface area (Å²) in [7, 11) is 1.92. The van der Waals surface area contributed by atoms with Gasteiger partial charge in [-0.2, -0.15) is 0 Å². The van der Waals surface area contributed by atoms with Gasteiger partial charge in [-0.3, -0.25) is 9.88 Å². The number of rotatable bonds is 4. The molecule has 0 aliphatic carbocycles. The van der Waals surface area contributed by atoms with Gasteiger partial charge >= 0.3 is 0 Å². The Labute approximate surface area is 130 Å². The lowest BCUT2D eigenvalue weighted by atomic mass is 10.1. The minimum Gasteiger partial charge on any atom is -0.388 e. The summed E-state index contributed by atoms with van der Waals surface area (Å²) in [6, 6.07) is 4.11. The van der Waals surface area contributed by atoms with E-state index in [2.05, 4.69) is 38.2 Å². The Hall–Kier alpha value is -1.92. The first-order valence-corrected chi connectivity index (χ1v) is 7.65. The Morgan fingerprint density at radius 1 is 1.41 bits per heavy atom. The molecular formula is C16H23N5O. The zero-order chi connectivity index (χ0) is 15.5. The molecule has 1 atom stereocenters. The minimum atomic E-state index is 0.0139. The number of morpholine rings is 1. The summed E-state index contributed by atoms with van der Waals surface area (Å²) in [5, 5.41) is 3.18. The fourth-order valence-electron chi connectivity index (χ4n) is 2.79. The van der Waals surface area contributed by atoms with E-state index in [1.54, 1.807) is 6.33 Å². The smallest absolute Gasteiger partial charge is 0.112 e. The highest BCUT2D eigenvalue weighted by molar-refractivity contribution is 5.45. The van der Waals surface area contributed by atoms with E-state index in [9.17, 15) is 0 Å². The van der Waals surface area contributed by atoms with Crippen LogP contribution in [0, 0.1) is 13.8 Å². The second-order valence-corrected chi connectivity index (χ2v) is 5.74. The van der Waals surface area contributed by atoms with Crippen molar-refractivity contribution >= 4 is 5.69 Å². The number of hydrogen-bond acceptors (Lipinski definition) is 5. The molecule has 1 fully saturated rings. The van der Waals surface area contributed by atoms with Crippen molar-refractivity contribution < 1.29 is 4.74 Å². The molecule has 2 N–H and O–H groups in total. The average molecular weight is 301 g/mol.